The lowest BCUT2D eigenvalue weighted by molar-refractivity contribution is 0.101. The van der Waals surface area contributed by atoms with Crippen molar-refractivity contribution in [1.29, 1.82) is 0 Å². The Balaban J connectivity index is 3.01. The van der Waals surface area contributed by atoms with Crippen LogP contribution in [0.4, 0.5) is 0 Å². The lowest BCUT2D eigenvalue weighted by atomic mass is 10.1. The van der Waals surface area contributed by atoms with E-state index in [0.717, 1.165) is 12.0 Å². The second-order valence-corrected chi connectivity index (χ2v) is 3.89. The average molecular weight is 206 g/mol. The molecule has 0 radical (unpaired) electrons. The van der Waals surface area contributed by atoms with Gasteiger partial charge in [-0.3, -0.25) is 4.79 Å². The normalized spacial score (nSPS) is 12.3. The number of Topliss-reactive ketones (excluding diaryl/α,β-unsaturated/α-hetero) is 1. The lowest BCUT2D eigenvalue weighted by Gasteiger charge is -2.15. The van der Waals surface area contributed by atoms with Crippen molar-refractivity contribution < 1.29 is 9.53 Å². The molecule has 0 N–H and O–H groups in total. The number of hydrogen-bond acceptors (Lipinski definition) is 2. The van der Waals surface area contributed by atoms with Gasteiger partial charge in [0.2, 0.25) is 0 Å². The number of carbonyl (C=O) groups is 1. The van der Waals surface area contributed by atoms with E-state index in [2.05, 4.69) is 6.92 Å². The molecule has 2 heteroatoms. The summed E-state index contributed by atoms with van der Waals surface area (Å²) in [5.74, 6) is 0.749. The van der Waals surface area contributed by atoms with Crippen LogP contribution in [0.3, 0.4) is 0 Å². The number of rotatable bonds is 4. The van der Waals surface area contributed by atoms with Crippen molar-refractivity contribution in [3.8, 4) is 5.75 Å². The van der Waals surface area contributed by atoms with Gasteiger partial charge in [0, 0.05) is 0 Å². The first-order valence-electron chi connectivity index (χ1n) is 5.32. The van der Waals surface area contributed by atoms with Gasteiger partial charge in [-0.05, 0) is 39.3 Å². The highest BCUT2D eigenvalue weighted by atomic mass is 16.5. The summed E-state index contributed by atoms with van der Waals surface area (Å²) in [6.45, 7) is 7.60. The second kappa shape index (κ2) is 4.96. The van der Waals surface area contributed by atoms with Crippen LogP contribution in [0.1, 0.15) is 43.1 Å². The van der Waals surface area contributed by atoms with Crippen LogP contribution in [-0.4, -0.2) is 11.9 Å². The van der Waals surface area contributed by atoms with Gasteiger partial charge in [0.25, 0.3) is 0 Å². The van der Waals surface area contributed by atoms with Gasteiger partial charge in [-0.25, -0.2) is 0 Å². The fourth-order valence-electron chi connectivity index (χ4n) is 1.32. The molecule has 1 atom stereocenters. The van der Waals surface area contributed by atoms with Crippen LogP contribution in [0.25, 0.3) is 0 Å². The summed E-state index contributed by atoms with van der Waals surface area (Å²) >= 11 is 0. The standard InChI is InChI=1S/C13H18O2/c1-5-10(3)15-13-7-6-9(2)8-12(13)11(4)14/h6-8,10H,5H2,1-4H3. The number of hydrogen-bond donors (Lipinski definition) is 0. The number of ether oxygens (including phenoxy) is 1. The average Bonchev–Trinajstić information content (AvgIpc) is 2.20. The molecule has 82 valence electrons. The maximum Gasteiger partial charge on any atom is 0.163 e. The van der Waals surface area contributed by atoms with Gasteiger partial charge >= 0.3 is 0 Å². The Labute approximate surface area is 91.3 Å². The summed E-state index contributed by atoms with van der Waals surface area (Å²) < 4.78 is 5.69. The number of ketones is 1. The largest absolute Gasteiger partial charge is 0.490 e. The molecule has 0 spiro atoms. The quantitative estimate of drug-likeness (QED) is 0.706. The predicted octanol–water partition coefficient (Wildman–Crippen LogP) is 3.37. The molecule has 0 saturated carbocycles. The molecule has 15 heavy (non-hydrogen) atoms. The monoisotopic (exact) mass is 206 g/mol. The summed E-state index contributed by atoms with van der Waals surface area (Å²) in [6.07, 6.45) is 1.08. The minimum Gasteiger partial charge on any atom is -0.490 e. The Morgan fingerprint density at radius 1 is 1.47 bits per heavy atom. The molecule has 0 aliphatic carbocycles. The zero-order valence-electron chi connectivity index (χ0n) is 9.83. The molecule has 1 rings (SSSR count). The Morgan fingerprint density at radius 2 is 2.13 bits per heavy atom. The number of aryl methyl sites for hydroxylation is 1. The van der Waals surface area contributed by atoms with Crippen molar-refractivity contribution in [1.82, 2.24) is 0 Å². The fraction of sp³-hybridized carbons (Fsp3) is 0.462. The van der Waals surface area contributed by atoms with Crippen molar-refractivity contribution in [3.05, 3.63) is 29.3 Å². The summed E-state index contributed by atoms with van der Waals surface area (Å²) in [5, 5.41) is 0. The van der Waals surface area contributed by atoms with Crippen molar-refractivity contribution in [2.45, 2.75) is 40.2 Å². The van der Waals surface area contributed by atoms with Crippen molar-refractivity contribution >= 4 is 5.78 Å². The zero-order valence-corrected chi connectivity index (χ0v) is 9.83. The van der Waals surface area contributed by atoms with Gasteiger partial charge in [-0.1, -0.05) is 18.6 Å². The zero-order chi connectivity index (χ0) is 11.4. The number of carbonyl (C=O) groups excluding carboxylic acids is 1. The highest BCUT2D eigenvalue weighted by Gasteiger charge is 2.10. The first kappa shape index (κ1) is 11.8. The summed E-state index contributed by atoms with van der Waals surface area (Å²) in [4.78, 5) is 11.4. The molecule has 2 nitrogen and oxygen atoms in total. The Morgan fingerprint density at radius 3 is 2.67 bits per heavy atom. The lowest BCUT2D eigenvalue weighted by Crippen LogP contribution is -2.12. The third-order valence-corrected chi connectivity index (χ3v) is 2.42. The van der Waals surface area contributed by atoms with Gasteiger partial charge in [-0.15, -0.1) is 0 Å². The molecule has 0 amide bonds. The smallest absolute Gasteiger partial charge is 0.163 e. The molecule has 0 saturated heterocycles. The van der Waals surface area contributed by atoms with Crippen molar-refractivity contribution in [2.24, 2.45) is 0 Å². The van der Waals surface area contributed by atoms with Crippen molar-refractivity contribution in [3.63, 3.8) is 0 Å². The molecular weight excluding hydrogens is 188 g/mol. The molecule has 0 heterocycles. The maximum atomic E-state index is 11.4. The first-order valence-corrected chi connectivity index (χ1v) is 5.32. The minimum absolute atomic E-state index is 0.0528. The molecule has 0 aliphatic rings. The maximum absolute atomic E-state index is 11.4. The second-order valence-electron chi connectivity index (χ2n) is 3.89. The topological polar surface area (TPSA) is 26.3 Å². The van der Waals surface area contributed by atoms with Crippen LogP contribution < -0.4 is 4.74 Å². The third kappa shape index (κ3) is 3.08. The Bertz CT molecular complexity index is 356. The van der Waals surface area contributed by atoms with E-state index in [-0.39, 0.29) is 11.9 Å². The first-order chi connectivity index (χ1) is 7.04. The van der Waals surface area contributed by atoms with E-state index < -0.39 is 0 Å². The van der Waals surface area contributed by atoms with E-state index in [1.165, 1.54) is 0 Å². The molecule has 1 unspecified atom stereocenters. The third-order valence-electron chi connectivity index (χ3n) is 2.42. The molecular formula is C13H18O2. The van der Waals surface area contributed by atoms with E-state index in [1.54, 1.807) is 6.92 Å². The van der Waals surface area contributed by atoms with Crippen LogP contribution in [0, 0.1) is 6.92 Å². The fourth-order valence-corrected chi connectivity index (χ4v) is 1.32. The SMILES string of the molecule is CCC(C)Oc1ccc(C)cc1C(C)=O. The van der Waals surface area contributed by atoms with Gasteiger partial charge in [-0.2, -0.15) is 0 Å². The summed E-state index contributed by atoms with van der Waals surface area (Å²) in [6, 6.07) is 5.71. The molecule has 0 bridgehead atoms. The predicted molar refractivity (Wildman–Crippen MR) is 61.6 cm³/mol. The van der Waals surface area contributed by atoms with Crippen LogP contribution in [-0.2, 0) is 0 Å². The van der Waals surface area contributed by atoms with E-state index in [1.807, 2.05) is 32.0 Å². The van der Waals surface area contributed by atoms with Crippen LogP contribution >= 0.6 is 0 Å². The van der Waals surface area contributed by atoms with Gasteiger partial charge < -0.3 is 4.74 Å². The van der Waals surface area contributed by atoms with E-state index >= 15 is 0 Å². The molecule has 1 aromatic rings. The Hall–Kier alpha value is -1.31. The molecule has 0 aliphatic heterocycles. The van der Waals surface area contributed by atoms with Gasteiger partial charge in [0.15, 0.2) is 5.78 Å². The van der Waals surface area contributed by atoms with Gasteiger partial charge in [0.05, 0.1) is 11.7 Å². The van der Waals surface area contributed by atoms with Crippen LogP contribution in [0.15, 0.2) is 18.2 Å². The number of benzene rings is 1. The molecule has 0 aromatic heterocycles. The highest BCUT2D eigenvalue weighted by molar-refractivity contribution is 5.97. The van der Waals surface area contributed by atoms with Crippen LogP contribution in [0.2, 0.25) is 0 Å². The van der Waals surface area contributed by atoms with E-state index in [9.17, 15) is 4.79 Å². The summed E-state index contributed by atoms with van der Waals surface area (Å²) in [5.41, 5.74) is 1.76. The van der Waals surface area contributed by atoms with Crippen molar-refractivity contribution in [2.75, 3.05) is 0 Å². The van der Waals surface area contributed by atoms with Crippen LogP contribution in [0.5, 0.6) is 5.75 Å². The Kier molecular flexibility index (Phi) is 3.89. The van der Waals surface area contributed by atoms with Gasteiger partial charge in [0.1, 0.15) is 5.75 Å². The molecule has 0 fully saturated rings. The highest BCUT2D eigenvalue weighted by Crippen LogP contribution is 2.22. The minimum atomic E-state index is 0.0528. The van der Waals surface area contributed by atoms with E-state index in [0.29, 0.717) is 11.3 Å². The summed E-state index contributed by atoms with van der Waals surface area (Å²) in [7, 11) is 0. The van der Waals surface area contributed by atoms with E-state index in [4.69, 9.17) is 4.74 Å². The molecule has 1 aromatic carbocycles.